The van der Waals surface area contributed by atoms with Crippen LogP contribution in [0.25, 0.3) is 0 Å². The average molecular weight is 271 g/mol. The van der Waals surface area contributed by atoms with Crippen LogP contribution in [0.1, 0.15) is 23.2 Å². The molecular weight excluding hydrogens is 258 g/mol. The average Bonchev–Trinajstić information content (AvgIpc) is 2.34. The molecule has 2 N–H and O–H groups in total. The first-order chi connectivity index (χ1) is 8.45. The number of carbonyl (C=O) groups excluding carboxylic acids is 1. The molecule has 0 aromatic heterocycles. The first-order valence-corrected chi connectivity index (χ1v) is 6.71. The van der Waals surface area contributed by atoms with E-state index in [1.165, 1.54) is 24.3 Å². The van der Waals surface area contributed by atoms with Crippen LogP contribution >= 0.6 is 0 Å². The minimum Gasteiger partial charge on any atom is -0.481 e. The zero-order chi connectivity index (χ0) is 13.6. The maximum atomic E-state index is 11.7. The molecule has 0 saturated heterocycles. The predicted octanol–water partition coefficient (Wildman–Crippen LogP) is 0.642. The van der Waals surface area contributed by atoms with Crippen molar-refractivity contribution in [1.29, 1.82) is 0 Å². The highest BCUT2D eigenvalue weighted by atomic mass is 32.2. The lowest BCUT2D eigenvalue weighted by molar-refractivity contribution is -0.137. The summed E-state index contributed by atoms with van der Waals surface area (Å²) in [6.07, 6.45) is 0.754. The second-order valence-electron chi connectivity index (χ2n) is 3.58. The molecule has 18 heavy (non-hydrogen) atoms. The van der Waals surface area contributed by atoms with Crippen molar-refractivity contribution in [2.45, 2.75) is 17.7 Å². The molecule has 0 spiro atoms. The minimum atomic E-state index is -3.64. The molecule has 7 heteroatoms. The van der Waals surface area contributed by atoms with Gasteiger partial charge in [0.05, 0.1) is 4.90 Å². The van der Waals surface area contributed by atoms with Crippen molar-refractivity contribution in [3.8, 4) is 0 Å². The topological polar surface area (TPSA) is 101 Å². The molecule has 0 aliphatic carbocycles. The number of aldehydes is 1. The third-order valence-corrected chi connectivity index (χ3v) is 3.66. The van der Waals surface area contributed by atoms with Gasteiger partial charge in [-0.3, -0.25) is 9.59 Å². The lowest BCUT2D eigenvalue weighted by Crippen LogP contribution is -2.25. The van der Waals surface area contributed by atoms with E-state index in [2.05, 4.69) is 4.72 Å². The van der Waals surface area contributed by atoms with Crippen LogP contribution in [0.4, 0.5) is 0 Å². The molecule has 0 aliphatic heterocycles. The second kappa shape index (κ2) is 6.27. The number of carbonyl (C=O) groups is 2. The van der Waals surface area contributed by atoms with Crippen LogP contribution in [0, 0.1) is 0 Å². The van der Waals surface area contributed by atoms with E-state index in [1.807, 2.05) is 0 Å². The molecule has 0 amide bonds. The Kier molecular flexibility index (Phi) is 4.99. The van der Waals surface area contributed by atoms with Crippen LogP contribution in [0.5, 0.6) is 0 Å². The molecule has 0 atom stereocenters. The fourth-order valence-electron chi connectivity index (χ4n) is 1.26. The van der Waals surface area contributed by atoms with Crippen LogP contribution in [0.2, 0.25) is 0 Å². The SMILES string of the molecule is O=Cc1ccc(S(=O)(=O)NCCCC(=O)O)cc1. The number of carboxylic acid groups (broad SMARTS) is 1. The minimum absolute atomic E-state index is 0.0448. The van der Waals surface area contributed by atoms with Crippen molar-refractivity contribution in [2.75, 3.05) is 6.54 Å². The van der Waals surface area contributed by atoms with Gasteiger partial charge in [-0.15, -0.1) is 0 Å². The van der Waals surface area contributed by atoms with E-state index in [9.17, 15) is 18.0 Å². The molecule has 0 heterocycles. The Hall–Kier alpha value is -1.73. The fraction of sp³-hybridized carbons (Fsp3) is 0.273. The molecule has 0 bridgehead atoms. The second-order valence-corrected chi connectivity index (χ2v) is 5.35. The van der Waals surface area contributed by atoms with E-state index < -0.39 is 16.0 Å². The van der Waals surface area contributed by atoms with E-state index in [0.717, 1.165) is 0 Å². The molecular formula is C11H13NO5S. The Bertz CT molecular complexity index is 521. The van der Waals surface area contributed by atoms with Crippen LogP contribution in [0.3, 0.4) is 0 Å². The predicted molar refractivity (Wildman–Crippen MR) is 63.9 cm³/mol. The van der Waals surface area contributed by atoms with Crippen molar-refractivity contribution in [2.24, 2.45) is 0 Å². The fourth-order valence-corrected chi connectivity index (χ4v) is 2.33. The highest BCUT2D eigenvalue weighted by Crippen LogP contribution is 2.09. The summed E-state index contributed by atoms with van der Waals surface area (Å²) in [5.74, 6) is -0.968. The quantitative estimate of drug-likeness (QED) is 0.560. The Balaban J connectivity index is 2.62. The standard InChI is InChI=1S/C11H13NO5S/c13-8-9-3-5-10(6-4-9)18(16,17)12-7-1-2-11(14)15/h3-6,8,12H,1-2,7H2,(H,14,15). The van der Waals surface area contributed by atoms with Crippen LogP contribution in [0.15, 0.2) is 29.2 Å². The first kappa shape index (κ1) is 14.3. The Labute approximate surface area is 105 Å². The van der Waals surface area contributed by atoms with Gasteiger partial charge in [0.2, 0.25) is 10.0 Å². The number of aliphatic carboxylic acids is 1. The highest BCUT2D eigenvalue weighted by molar-refractivity contribution is 7.89. The van der Waals surface area contributed by atoms with E-state index >= 15 is 0 Å². The molecule has 0 fully saturated rings. The van der Waals surface area contributed by atoms with E-state index in [1.54, 1.807) is 0 Å². The first-order valence-electron chi connectivity index (χ1n) is 5.22. The third kappa shape index (κ3) is 4.27. The van der Waals surface area contributed by atoms with Gasteiger partial charge in [-0.2, -0.15) is 0 Å². The molecule has 1 rings (SSSR count). The molecule has 1 aromatic rings. The molecule has 1 aromatic carbocycles. The Morgan fingerprint density at radius 1 is 1.28 bits per heavy atom. The van der Waals surface area contributed by atoms with Gasteiger partial charge in [-0.05, 0) is 18.6 Å². The lowest BCUT2D eigenvalue weighted by Gasteiger charge is -2.05. The van der Waals surface area contributed by atoms with Crippen molar-refractivity contribution in [3.63, 3.8) is 0 Å². The maximum Gasteiger partial charge on any atom is 0.303 e. The van der Waals surface area contributed by atoms with E-state index in [0.29, 0.717) is 11.8 Å². The smallest absolute Gasteiger partial charge is 0.303 e. The lowest BCUT2D eigenvalue weighted by atomic mass is 10.2. The molecule has 0 radical (unpaired) electrons. The summed E-state index contributed by atoms with van der Waals surface area (Å²) in [5, 5.41) is 8.41. The molecule has 0 aliphatic rings. The summed E-state index contributed by atoms with van der Waals surface area (Å²) in [7, 11) is -3.64. The van der Waals surface area contributed by atoms with Crippen LogP contribution in [-0.4, -0.2) is 32.3 Å². The van der Waals surface area contributed by atoms with Crippen molar-refractivity contribution >= 4 is 22.3 Å². The van der Waals surface area contributed by atoms with Crippen molar-refractivity contribution in [3.05, 3.63) is 29.8 Å². The zero-order valence-corrected chi connectivity index (χ0v) is 10.3. The molecule has 0 saturated carbocycles. The summed E-state index contributed by atoms with van der Waals surface area (Å²) < 4.78 is 25.7. The maximum absolute atomic E-state index is 11.7. The summed E-state index contributed by atoms with van der Waals surface area (Å²) >= 11 is 0. The summed E-state index contributed by atoms with van der Waals surface area (Å²) in [6.45, 7) is 0.0596. The Morgan fingerprint density at radius 3 is 2.39 bits per heavy atom. The van der Waals surface area contributed by atoms with E-state index in [-0.39, 0.29) is 24.3 Å². The Morgan fingerprint density at radius 2 is 1.89 bits per heavy atom. The summed E-state index contributed by atoms with van der Waals surface area (Å²) in [4.78, 5) is 20.7. The largest absolute Gasteiger partial charge is 0.481 e. The zero-order valence-electron chi connectivity index (χ0n) is 9.50. The van der Waals surface area contributed by atoms with Crippen molar-refractivity contribution in [1.82, 2.24) is 4.72 Å². The monoisotopic (exact) mass is 271 g/mol. The van der Waals surface area contributed by atoms with E-state index in [4.69, 9.17) is 5.11 Å². The van der Waals surface area contributed by atoms with Gasteiger partial charge in [-0.25, -0.2) is 13.1 Å². The van der Waals surface area contributed by atoms with Crippen LogP contribution in [-0.2, 0) is 14.8 Å². The third-order valence-electron chi connectivity index (χ3n) is 2.19. The van der Waals surface area contributed by atoms with Gasteiger partial charge in [0.25, 0.3) is 0 Å². The number of sulfonamides is 1. The number of hydrogen-bond donors (Lipinski definition) is 2. The number of nitrogens with one attached hydrogen (secondary N) is 1. The number of benzene rings is 1. The number of carboxylic acids is 1. The van der Waals surface area contributed by atoms with Crippen LogP contribution < -0.4 is 4.72 Å². The van der Waals surface area contributed by atoms with Gasteiger partial charge in [0.15, 0.2) is 0 Å². The number of rotatable bonds is 7. The summed E-state index contributed by atoms with van der Waals surface area (Å²) in [6, 6.07) is 5.45. The van der Waals surface area contributed by atoms with Gasteiger partial charge in [0.1, 0.15) is 6.29 Å². The summed E-state index contributed by atoms with van der Waals surface area (Å²) in [5.41, 5.74) is 0.389. The highest BCUT2D eigenvalue weighted by Gasteiger charge is 2.13. The van der Waals surface area contributed by atoms with Gasteiger partial charge in [-0.1, -0.05) is 12.1 Å². The molecule has 98 valence electrons. The van der Waals surface area contributed by atoms with Crippen molar-refractivity contribution < 1.29 is 23.1 Å². The molecule has 6 nitrogen and oxygen atoms in total. The normalized spacial score (nSPS) is 11.1. The van der Waals surface area contributed by atoms with Gasteiger partial charge >= 0.3 is 5.97 Å². The number of hydrogen-bond acceptors (Lipinski definition) is 4. The van der Waals surface area contributed by atoms with Gasteiger partial charge in [0, 0.05) is 18.5 Å². The van der Waals surface area contributed by atoms with Gasteiger partial charge < -0.3 is 5.11 Å². The molecule has 0 unspecified atom stereocenters.